The van der Waals surface area contributed by atoms with Crippen LogP contribution in [0.4, 0.5) is 0 Å². The summed E-state index contributed by atoms with van der Waals surface area (Å²) in [6.07, 6.45) is 5.59. The molecule has 0 aromatic carbocycles. The van der Waals surface area contributed by atoms with Crippen LogP contribution in [-0.4, -0.2) is 40.9 Å². The molecule has 0 aromatic heterocycles. The Morgan fingerprint density at radius 3 is 2.56 bits per heavy atom. The van der Waals surface area contributed by atoms with Gasteiger partial charge in [0.25, 0.3) is 5.91 Å². The van der Waals surface area contributed by atoms with Gasteiger partial charge in [0.2, 0.25) is 0 Å². The van der Waals surface area contributed by atoms with Gasteiger partial charge in [0.1, 0.15) is 6.10 Å². The van der Waals surface area contributed by atoms with Crippen molar-refractivity contribution in [3.63, 3.8) is 0 Å². The Hall–Kier alpha value is -0.0900. The van der Waals surface area contributed by atoms with Crippen molar-refractivity contribution >= 4 is 21.8 Å². The molecular formula is C12H20BrNO2. The minimum absolute atomic E-state index is 0.172. The van der Waals surface area contributed by atoms with E-state index < -0.39 is 0 Å². The SMILES string of the molecule is CC1CCC(C(=O)N(CCBr)C2CCC2)O1. The van der Waals surface area contributed by atoms with Crippen LogP contribution in [0.1, 0.15) is 39.0 Å². The number of alkyl halides is 1. The van der Waals surface area contributed by atoms with Crippen molar-refractivity contribution in [2.45, 2.75) is 57.3 Å². The quantitative estimate of drug-likeness (QED) is 0.744. The van der Waals surface area contributed by atoms with E-state index in [2.05, 4.69) is 15.9 Å². The van der Waals surface area contributed by atoms with Crippen molar-refractivity contribution in [1.29, 1.82) is 0 Å². The minimum Gasteiger partial charge on any atom is -0.365 e. The summed E-state index contributed by atoms with van der Waals surface area (Å²) < 4.78 is 5.66. The molecule has 1 saturated heterocycles. The molecule has 0 N–H and O–H groups in total. The molecule has 2 unspecified atom stereocenters. The molecular weight excluding hydrogens is 270 g/mol. The molecule has 16 heavy (non-hydrogen) atoms. The number of rotatable bonds is 4. The van der Waals surface area contributed by atoms with Gasteiger partial charge in [-0.2, -0.15) is 0 Å². The fourth-order valence-electron chi connectivity index (χ4n) is 2.43. The second-order valence-corrected chi connectivity index (χ2v) is 5.61. The lowest BCUT2D eigenvalue weighted by molar-refractivity contribution is -0.146. The first kappa shape index (κ1) is 12.4. The Kier molecular flexibility index (Phi) is 4.25. The van der Waals surface area contributed by atoms with E-state index in [0.29, 0.717) is 6.04 Å². The maximum Gasteiger partial charge on any atom is 0.251 e. The molecule has 1 amide bonds. The Bertz CT molecular complexity index is 255. The second kappa shape index (κ2) is 5.50. The van der Waals surface area contributed by atoms with Crippen molar-refractivity contribution in [1.82, 2.24) is 4.90 Å². The summed E-state index contributed by atoms with van der Waals surface area (Å²) in [6, 6.07) is 0.476. The fourth-order valence-corrected chi connectivity index (χ4v) is 2.81. The van der Waals surface area contributed by atoms with Crippen LogP contribution in [0.3, 0.4) is 0 Å². The van der Waals surface area contributed by atoms with Gasteiger partial charge < -0.3 is 9.64 Å². The van der Waals surface area contributed by atoms with Crippen molar-refractivity contribution in [2.24, 2.45) is 0 Å². The first-order valence-electron chi connectivity index (χ1n) is 6.24. The summed E-state index contributed by atoms with van der Waals surface area (Å²) in [5.74, 6) is 0.216. The Morgan fingerprint density at radius 1 is 1.38 bits per heavy atom. The van der Waals surface area contributed by atoms with Crippen molar-refractivity contribution in [3.05, 3.63) is 0 Å². The van der Waals surface area contributed by atoms with Crippen LogP contribution >= 0.6 is 15.9 Å². The summed E-state index contributed by atoms with van der Waals surface area (Å²) >= 11 is 3.43. The lowest BCUT2D eigenvalue weighted by Gasteiger charge is -2.38. The monoisotopic (exact) mass is 289 g/mol. The molecule has 2 fully saturated rings. The highest BCUT2D eigenvalue weighted by molar-refractivity contribution is 9.09. The lowest BCUT2D eigenvalue weighted by Crippen LogP contribution is -2.49. The van der Waals surface area contributed by atoms with Gasteiger partial charge in [-0.15, -0.1) is 0 Å². The van der Waals surface area contributed by atoms with Gasteiger partial charge >= 0.3 is 0 Å². The van der Waals surface area contributed by atoms with E-state index in [1.165, 1.54) is 19.3 Å². The van der Waals surface area contributed by atoms with E-state index in [4.69, 9.17) is 4.74 Å². The summed E-state index contributed by atoms with van der Waals surface area (Å²) in [7, 11) is 0. The highest BCUT2D eigenvalue weighted by Gasteiger charge is 2.36. The predicted molar refractivity (Wildman–Crippen MR) is 66.7 cm³/mol. The largest absolute Gasteiger partial charge is 0.365 e. The average molecular weight is 290 g/mol. The van der Waals surface area contributed by atoms with Crippen LogP contribution in [0.2, 0.25) is 0 Å². The zero-order valence-corrected chi connectivity index (χ0v) is 11.4. The van der Waals surface area contributed by atoms with Gasteiger partial charge in [-0.1, -0.05) is 15.9 Å². The molecule has 1 saturated carbocycles. The third-order valence-electron chi connectivity index (χ3n) is 3.63. The van der Waals surface area contributed by atoms with Crippen molar-refractivity contribution in [3.8, 4) is 0 Å². The number of halogens is 1. The second-order valence-electron chi connectivity index (χ2n) is 4.82. The first-order valence-corrected chi connectivity index (χ1v) is 7.36. The molecule has 4 heteroatoms. The number of ether oxygens (including phenoxy) is 1. The van der Waals surface area contributed by atoms with E-state index in [0.717, 1.165) is 24.7 Å². The van der Waals surface area contributed by atoms with Crippen molar-refractivity contribution < 1.29 is 9.53 Å². The molecule has 0 spiro atoms. The molecule has 92 valence electrons. The molecule has 1 aliphatic heterocycles. The Labute approximate surface area is 106 Å². The minimum atomic E-state index is -0.172. The van der Waals surface area contributed by atoms with Gasteiger partial charge in [-0.3, -0.25) is 4.79 Å². The molecule has 3 nitrogen and oxygen atoms in total. The summed E-state index contributed by atoms with van der Waals surface area (Å²) in [4.78, 5) is 14.3. The topological polar surface area (TPSA) is 29.5 Å². The van der Waals surface area contributed by atoms with Crippen LogP contribution in [0.5, 0.6) is 0 Å². The molecule has 0 bridgehead atoms. The normalized spacial score (nSPS) is 30.1. The van der Waals surface area contributed by atoms with Gasteiger partial charge in [-0.25, -0.2) is 0 Å². The third kappa shape index (κ3) is 2.59. The first-order chi connectivity index (χ1) is 7.72. The average Bonchev–Trinajstić information content (AvgIpc) is 2.60. The van der Waals surface area contributed by atoms with Crippen LogP contribution in [0, 0.1) is 0 Å². The predicted octanol–water partition coefficient (Wildman–Crippen LogP) is 2.33. The van der Waals surface area contributed by atoms with Gasteiger partial charge in [0, 0.05) is 17.9 Å². The van der Waals surface area contributed by atoms with E-state index in [1.807, 2.05) is 11.8 Å². The molecule has 1 heterocycles. The van der Waals surface area contributed by atoms with E-state index >= 15 is 0 Å². The van der Waals surface area contributed by atoms with E-state index in [9.17, 15) is 4.79 Å². The number of amides is 1. The molecule has 0 aromatic rings. The number of hydrogen-bond acceptors (Lipinski definition) is 2. The van der Waals surface area contributed by atoms with Crippen LogP contribution in [0.15, 0.2) is 0 Å². The van der Waals surface area contributed by atoms with E-state index in [-0.39, 0.29) is 18.1 Å². The molecule has 2 aliphatic rings. The zero-order valence-electron chi connectivity index (χ0n) is 9.82. The standard InChI is InChI=1S/C12H20BrNO2/c1-9-5-6-11(16-9)12(15)14(8-7-13)10-3-2-4-10/h9-11H,2-8H2,1H3. The van der Waals surface area contributed by atoms with Gasteiger partial charge in [0.15, 0.2) is 0 Å². The Balaban J connectivity index is 1.93. The van der Waals surface area contributed by atoms with Gasteiger partial charge in [0.05, 0.1) is 6.10 Å². The highest BCUT2D eigenvalue weighted by Crippen LogP contribution is 2.28. The molecule has 2 atom stereocenters. The summed E-state index contributed by atoms with van der Waals surface area (Å²) in [5, 5.41) is 0.859. The van der Waals surface area contributed by atoms with Crippen molar-refractivity contribution in [2.75, 3.05) is 11.9 Å². The summed E-state index contributed by atoms with van der Waals surface area (Å²) in [6.45, 7) is 2.86. The van der Waals surface area contributed by atoms with E-state index in [1.54, 1.807) is 0 Å². The third-order valence-corrected chi connectivity index (χ3v) is 3.99. The maximum absolute atomic E-state index is 12.3. The number of carbonyl (C=O) groups excluding carboxylic acids is 1. The van der Waals surface area contributed by atoms with Crippen LogP contribution in [-0.2, 0) is 9.53 Å². The number of carbonyl (C=O) groups is 1. The maximum atomic E-state index is 12.3. The Morgan fingerprint density at radius 2 is 2.12 bits per heavy atom. The lowest BCUT2D eigenvalue weighted by atomic mass is 9.91. The summed E-state index contributed by atoms with van der Waals surface area (Å²) in [5.41, 5.74) is 0. The molecule has 2 rings (SSSR count). The number of hydrogen-bond donors (Lipinski definition) is 0. The van der Waals surface area contributed by atoms with Crippen LogP contribution < -0.4 is 0 Å². The highest BCUT2D eigenvalue weighted by atomic mass is 79.9. The van der Waals surface area contributed by atoms with Crippen LogP contribution in [0.25, 0.3) is 0 Å². The zero-order chi connectivity index (χ0) is 11.5. The fraction of sp³-hybridized carbons (Fsp3) is 0.917. The molecule has 1 aliphatic carbocycles. The molecule has 0 radical (unpaired) electrons. The number of nitrogens with zero attached hydrogens (tertiary/aromatic N) is 1. The smallest absolute Gasteiger partial charge is 0.251 e. The van der Waals surface area contributed by atoms with Gasteiger partial charge in [-0.05, 0) is 39.0 Å².